The molecule has 0 aliphatic heterocycles. The van der Waals surface area contributed by atoms with Crippen molar-refractivity contribution in [2.45, 2.75) is 45.6 Å². The van der Waals surface area contributed by atoms with Crippen LogP contribution in [0.4, 0.5) is 0 Å². The van der Waals surface area contributed by atoms with E-state index in [4.69, 9.17) is 16.3 Å². The van der Waals surface area contributed by atoms with Crippen LogP contribution in [0.1, 0.15) is 40.0 Å². The van der Waals surface area contributed by atoms with Gasteiger partial charge in [-0.2, -0.15) is 0 Å². The van der Waals surface area contributed by atoms with Gasteiger partial charge in [-0.25, -0.2) is 0 Å². The molecule has 0 radical (unpaired) electrons. The molecule has 15 heavy (non-hydrogen) atoms. The van der Waals surface area contributed by atoms with Gasteiger partial charge in [-0.1, -0.05) is 0 Å². The van der Waals surface area contributed by atoms with Crippen LogP contribution < -0.4 is 0 Å². The standard InChI is InChI=1S/C11H15ClO3/c1-9(2,3)15-8(14)11-4-10(5-11,6-11)7(12)13/h4-6H2,1-3H3/t10-,11+. The highest BCUT2D eigenvalue weighted by Crippen LogP contribution is 2.74. The second-order valence-electron chi connectivity index (χ2n) is 5.87. The van der Waals surface area contributed by atoms with Crippen molar-refractivity contribution in [3.63, 3.8) is 0 Å². The van der Waals surface area contributed by atoms with Crippen LogP contribution in [-0.4, -0.2) is 16.8 Å². The van der Waals surface area contributed by atoms with Crippen LogP contribution in [0.3, 0.4) is 0 Å². The fourth-order valence-electron chi connectivity index (χ4n) is 2.60. The van der Waals surface area contributed by atoms with E-state index in [0.717, 1.165) is 0 Å². The number of halogens is 1. The molecule has 0 N–H and O–H groups in total. The molecule has 2 bridgehead atoms. The van der Waals surface area contributed by atoms with Crippen molar-refractivity contribution in [1.82, 2.24) is 0 Å². The lowest BCUT2D eigenvalue weighted by Crippen LogP contribution is -2.68. The van der Waals surface area contributed by atoms with Crippen molar-refractivity contribution in [3.05, 3.63) is 0 Å². The van der Waals surface area contributed by atoms with Crippen molar-refractivity contribution in [1.29, 1.82) is 0 Å². The molecule has 3 fully saturated rings. The maximum atomic E-state index is 11.8. The van der Waals surface area contributed by atoms with E-state index in [1.165, 1.54) is 0 Å². The topological polar surface area (TPSA) is 43.4 Å². The highest BCUT2D eigenvalue weighted by Gasteiger charge is 2.75. The quantitative estimate of drug-likeness (QED) is 0.540. The first-order valence-electron chi connectivity index (χ1n) is 5.13. The van der Waals surface area contributed by atoms with E-state index in [2.05, 4.69) is 0 Å². The zero-order valence-electron chi connectivity index (χ0n) is 9.22. The monoisotopic (exact) mass is 230 g/mol. The zero-order chi connectivity index (χ0) is 11.5. The number of hydrogen-bond donors (Lipinski definition) is 0. The summed E-state index contributed by atoms with van der Waals surface area (Å²) >= 11 is 5.47. The van der Waals surface area contributed by atoms with Crippen LogP contribution in [0.5, 0.6) is 0 Å². The molecule has 0 unspecified atom stereocenters. The Hall–Kier alpha value is -0.570. The lowest BCUT2D eigenvalue weighted by atomic mass is 9.35. The number of rotatable bonds is 2. The number of hydrogen-bond acceptors (Lipinski definition) is 3. The van der Waals surface area contributed by atoms with Crippen molar-refractivity contribution in [3.8, 4) is 0 Å². The van der Waals surface area contributed by atoms with E-state index < -0.39 is 16.4 Å². The normalized spacial score (nSPS) is 37.6. The van der Waals surface area contributed by atoms with Crippen LogP contribution in [0.15, 0.2) is 0 Å². The SMILES string of the molecule is CC(C)(C)OC(=O)[C@]12C[C@](C(=O)Cl)(C1)C2. The van der Waals surface area contributed by atoms with Crippen LogP contribution in [0.2, 0.25) is 0 Å². The molecule has 4 heteroatoms. The van der Waals surface area contributed by atoms with E-state index in [9.17, 15) is 9.59 Å². The van der Waals surface area contributed by atoms with E-state index >= 15 is 0 Å². The van der Waals surface area contributed by atoms with Gasteiger partial charge in [0.2, 0.25) is 5.24 Å². The smallest absolute Gasteiger partial charge is 0.312 e. The molecule has 0 atom stereocenters. The predicted molar refractivity (Wildman–Crippen MR) is 55.4 cm³/mol. The highest BCUT2D eigenvalue weighted by molar-refractivity contribution is 6.65. The Kier molecular flexibility index (Phi) is 2.01. The maximum Gasteiger partial charge on any atom is 0.312 e. The van der Waals surface area contributed by atoms with Crippen molar-refractivity contribution in [2.24, 2.45) is 10.8 Å². The van der Waals surface area contributed by atoms with E-state index in [1.54, 1.807) is 0 Å². The minimum absolute atomic E-state index is 0.171. The van der Waals surface area contributed by atoms with Gasteiger partial charge in [-0.15, -0.1) is 0 Å². The molecule has 84 valence electrons. The van der Waals surface area contributed by atoms with Crippen molar-refractivity contribution in [2.75, 3.05) is 0 Å². The Bertz CT molecular complexity index is 320. The fraction of sp³-hybridized carbons (Fsp3) is 0.818. The number of carbonyl (C=O) groups is 2. The van der Waals surface area contributed by atoms with Gasteiger partial charge in [0.15, 0.2) is 0 Å². The van der Waals surface area contributed by atoms with Crippen LogP contribution >= 0.6 is 11.6 Å². The zero-order valence-corrected chi connectivity index (χ0v) is 9.98. The molecule has 0 aromatic carbocycles. The second-order valence-corrected chi connectivity index (χ2v) is 6.21. The average molecular weight is 231 g/mol. The molecular formula is C11H15ClO3. The lowest BCUT2D eigenvalue weighted by molar-refractivity contribution is -0.227. The van der Waals surface area contributed by atoms with Gasteiger partial charge in [0.25, 0.3) is 0 Å². The number of ether oxygens (including phenoxy) is 1. The van der Waals surface area contributed by atoms with Gasteiger partial charge in [0.05, 0.1) is 5.41 Å². The molecule has 0 saturated heterocycles. The van der Waals surface area contributed by atoms with Crippen LogP contribution in [-0.2, 0) is 14.3 Å². The van der Waals surface area contributed by atoms with Crippen LogP contribution in [0, 0.1) is 10.8 Å². The van der Waals surface area contributed by atoms with E-state index in [-0.39, 0.29) is 11.2 Å². The Labute approximate surface area is 94.1 Å². The molecular weight excluding hydrogens is 216 g/mol. The number of esters is 1. The molecule has 0 amide bonds. The Morgan fingerprint density at radius 2 is 1.60 bits per heavy atom. The summed E-state index contributed by atoms with van der Waals surface area (Å²) in [5, 5.41) is -0.298. The molecule has 0 heterocycles. The minimum Gasteiger partial charge on any atom is -0.460 e. The predicted octanol–water partition coefficient (Wildman–Crippen LogP) is 2.26. The average Bonchev–Trinajstić information content (AvgIpc) is 1.72. The molecule has 3 nitrogen and oxygen atoms in total. The molecule has 3 aliphatic rings. The largest absolute Gasteiger partial charge is 0.460 e. The van der Waals surface area contributed by atoms with Gasteiger partial charge in [-0.3, -0.25) is 9.59 Å². The summed E-state index contributed by atoms with van der Waals surface area (Å²) in [4.78, 5) is 22.8. The fourth-order valence-corrected chi connectivity index (χ4v) is 2.80. The molecule has 0 spiro atoms. The van der Waals surface area contributed by atoms with E-state index in [1.807, 2.05) is 20.8 Å². The summed E-state index contributed by atoms with van der Waals surface area (Å²) < 4.78 is 5.31. The summed E-state index contributed by atoms with van der Waals surface area (Å²) in [6.07, 6.45) is 1.74. The Morgan fingerprint density at radius 1 is 1.13 bits per heavy atom. The highest BCUT2D eigenvalue weighted by atomic mass is 35.5. The van der Waals surface area contributed by atoms with Crippen molar-refractivity contribution >= 4 is 22.8 Å². The van der Waals surface area contributed by atoms with E-state index in [0.29, 0.717) is 19.3 Å². The van der Waals surface area contributed by atoms with Gasteiger partial charge in [0.1, 0.15) is 5.60 Å². The van der Waals surface area contributed by atoms with Crippen molar-refractivity contribution < 1.29 is 14.3 Å². The molecule has 3 aliphatic carbocycles. The molecule has 0 aromatic heterocycles. The molecule has 3 rings (SSSR count). The lowest BCUT2D eigenvalue weighted by Gasteiger charge is -2.66. The summed E-state index contributed by atoms with van der Waals surface area (Å²) in [5.41, 5.74) is -1.24. The Morgan fingerprint density at radius 3 is 1.93 bits per heavy atom. The van der Waals surface area contributed by atoms with Crippen LogP contribution in [0.25, 0.3) is 0 Å². The van der Waals surface area contributed by atoms with Gasteiger partial charge >= 0.3 is 5.97 Å². The minimum atomic E-state index is -0.454. The third-order valence-electron chi connectivity index (χ3n) is 3.28. The van der Waals surface area contributed by atoms with Gasteiger partial charge < -0.3 is 4.74 Å². The summed E-state index contributed by atoms with van der Waals surface area (Å²) in [7, 11) is 0. The first kappa shape index (κ1) is 10.9. The molecule has 0 aromatic rings. The Balaban J connectivity index is 1.96. The first-order valence-corrected chi connectivity index (χ1v) is 5.50. The first-order chi connectivity index (χ1) is 6.69. The maximum absolute atomic E-state index is 11.8. The van der Waals surface area contributed by atoms with Gasteiger partial charge in [0, 0.05) is 5.41 Å². The number of carbonyl (C=O) groups excluding carboxylic acids is 2. The van der Waals surface area contributed by atoms with Gasteiger partial charge in [-0.05, 0) is 51.6 Å². The molecule has 3 saturated carbocycles. The summed E-state index contributed by atoms with van der Waals surface area (Å²) in [5.74, 6) is -0.171. The third kappa shape index (κ3) is 1.48. The third-order valence-corrected chi connectivity index (χ3v) is 3.68. The summed E-state index contributed by atoms with van der Waals surface area (Å²) in [6.45, 7) is 5.54. The summed E-state index contributed by atoms with van der Waals surface area (Å²) in [6, 6.07) is 0. The second kappa shape index (κ2) is 2.76.